The molecule has 1 aromatic heterocycles. The normalized spacial score (nSPS) is 18.7. The fourth-order valence-electron chi connectivity index (χ4n) is 2.28. The summed E-state index contributed by atoms with van der Waals surface area (Å²) in [4.78, 5) is 26.1. The van der Waals surface area contributed by atoms with Crippen LogP contribution in [0.2, 0.25) is 0 Å². The van der Waals surface area contributed by atoms with Crippen LogP contribution < -0.4 is 4.90 Å². The molecule has 7 heteroatoms. The van der Waals surface area contributed by atoms with E-state index in [1.54, 1.807) is 31.1 Å². The molecule has 0 aliphatic carbocycles. The summed E-state index contributed by atoms with van der Waals surface area (Å²) in [7, 11) is 3.28. The van der Waals surface area contributed by atoms with Gasteiger partial charge >= 0.3 is 5.97 Å². The minimum absolute atomic E-state index is 0.225. The lowest BCUT2D eigenvalue weighted by Crippen LogP contribution is -2.45. The third kappa shape index (κ3) is 2.87. The smallest absolute Gasteiger partial charge is 0.326 e. The van der Waals surface area contributed by atoms with Gasteiger partial charge in [0.25, 0.3) is 5.91 Å². The van der Waals surface area contributed by atoms with E-state index in [0.29, 0.717) is 18.8 Å². The van der Waals surface area contributed by atoms with Crippen LogP contribution in [0, 0.1) is 0 Å². The second-order valence-electron chi connectivity index (χ2n) is 5.02. The summed E-state index contributed by atoms with van der Waals surface area (Å²) in [5.41, 5.74) is 0.252. The van der Waals surface area contributed by atoms with Gasteiger partial charge in [-0.15, -0.1) is 10.2 Å². The number of carbonyl (C=O) groups is 2. The minimum atomic E-state index is -0.847. The van der Waals surface area contributed by atoms with E-state index in [-0.39, 0.29) is 11.6 Å². The zero-order valence-electron chi connectivity index (χ0n) is 11.6. The number of hydrogen-bond donors (Lipinski definition) is 1. The van der Waals surface area contributed by atoms with E-state index in [1.807, 2.05) is 0 Å². The van der Waals surface area contributed by atoms with E-state index < -0.39 is 12.0 Å². The molecule has 1 aliphatic heterocycles. The first-order chi connectivity index (χ1) is 9.50. The number of amides is 1. The number of carboxylic acid groups (broad SMARTS) is 1. The standard InChI is InChI=1S/C13H18N4O3/c1-16(2)12(18)9-6-7-11(15-14-9)17-8-4-3-5-10(17)13(19)20/h6-7,10H,3-5,8H2,1-2H3,(H,19,20). The van der Waals surface area contributed by atoms with Crippen LogP contribution in [0.25, 0.3) is 0 Å². The third-order valence-corrected chi connectivity index (χ3v) is 3.36. The number of rotatable bonds is 3. The first-order valence-electron chi connectivity index (χ1n) is 6.55. The monoisotopic (exact) mass is 278 g/mol. The molecule has 7 nitrogen and oxygen atoms in total. The molecule has 1 amide bonds. The first kappa shape index (κ1) is 14.2. The van der Waals surface area contributed by atoms with Crippen LogP contribution in [0.5, 0.6) is 0 Å². The minimum Gasteiger partial charge on any atom is -0.480 e. The predicted molar refractivity (Wildman–Crippen MR) is 72.7 cm³/mol. The van der Waals surface area contributed by atoms with Gasteiger partial charge in [-0.25, -0.2) is 4.79 Å². The lowest BCUT2D eigenvalue weighted by atomic mass is 10.0. The Balaban J connectivity index is 2.20. The van der Waals surface area contributed by atoms with E-state index >= 15 is 0 Å². The average molecular weight is 278 g/mol. The maximum Gasteiger partial charge on any atom is 0.326 e. The number of hydrogen-bond acceptors (Lipinski definition) is 5. The summed E-state index contributed by atoms with van der Waals surface area (Å²) in [6, 6.07) is 2.68. The molecule has 1 fully saturated rings. The van der Waals surface area contributed by atoms with Gasteiger partial charge in [0.05, 0.1) is 0 Å². The van der Waals surface area contributed by atoms with Crippen molar-refractivity contribution in [1.82, 2.24) is 15.1 Å². The van der Waals surface area contributed by atoms with Crippen molar-refractivity contribution in [2.45, 2.75) is 25.3 Å². The lowest BCUT2D eigenvalue weighted by Gasteiger charge is -2.33. The predicted octanol–water partition coefficient (Wildman–Crippen LogP) is 0.622. The summed E-state index contributed by atoms with van der Waals surface area (Å²) in [5.74, 6) is -0.565. The number of anilines is 1. The third-order valence-electron chi connectivity index (χ3n) is 3.36. The van der Waals surface area contributed by atoms with E-state index in [9.17, 15) is 14.7 Å². The molecule has 20 heavy (non-hydrogen) atoms. The Morgan fingerprint density at radius 1 is 1.30 bits per heavy atom. The second-order valence-corrected chi connectivity index (χ2v) is 5.02. The Bertz CT molecular complexity index is 501. The molecule has 2 heterocycles. The summed E-state index contributed by atoms with van der Waals surface area (Å²) < 4.78 is 0. The molecule has 0 spiro atoms. The number of carboxylic acids is 1. The number of piperidine rings is 1. The molecule has 1 N–H and O–H groups in total. The van der Waals surface area contributed by atoms with Crippen LogP contribution in [-0.4, -0.2) is 58.8 Å². The molecule has 1 unspecified atom stereocenters. The van der Waals surface area contributed by atoms with Crippen molar-refractivity contribution in [3.05, 3.63) is 17.8 Å². The molecule has 0 aromatic carbocycles. The summed E-state index contributed by atoms with van der Waals surface area (Å²) in [6.45, 7) is 0.645. The van der Waals surface area contributed by atoms with Crippen molar-refractivity contribution < 1.29 is 14.7 Å². The molecule has 1 aliphatic rings. The molecular weight excluding hydrogens is 260 g/mol. The van der Waals surface area contributed by atoms with Crippen molar-refractivity contribution in [2.75, 3.05) is 25.5 Å². The first-order valence-corrected chi connectivity index (χ1v) is 6.55. The molecule has 0 bridgehead atoms. The van der Waals surface area contributed by atoms with Crippen LogP contribution in [-0.2, 0) is 4.79 Å². The quantitative estimate of drug-likeness (QED) is 0.872. The number of aromatic nitrogens is 2. The van der Waals surface area contributed by atoms with Crippen LogP contribution in [0.15, 0.2) is 12.1 Å². The average Bonchev–Trinajstić information content (AvgIpc) is 2.46. The summed E-state index contributed by atoms with van der Waals surface area (Å²) >= 11 is 0. The largest absolute Gasteiger partial charge is 0.480 e. The Kier molecular flexibility index (Phi) is 4.16. The molecule has 1 saturated heterocycles. The highest BCUT2D eigenvalue weighted by Crippen LogP contribution is 2.22. The fraction of sp³-hybridized carbons (Fsp3) is 0.538. The molecule has 2 rings (SSSR count). The molecule has 0 saturated carbocycles. The van der Waals surface area contributed by atoms with Crippen molar-refractivity contribution >= 4 is 17.7 Å². The highest BCUT2D eigenvalue weighted by Gasteiger charge is 2.29. The SMILES string of the molecule is CN(C)C(=O)c1ccc(N2CCCCC2C(=O)O)nn1. The topological polar surface area (TPSA) is 86.6 Å². The van der Waals surface area contributed by atoms with Crippen LogP contribution in [0.3, 0.4) is 0 Å². The molecule has 1 aromatic rings. The van der Waals surface area contributed by atoms with Gasteiger partial charge in [-0.05, 0) is 31.4 Å². The molecule has 0 radical (unpaired) electrons. The number of aliphatic carboxylic acids is 1. The van der Waals surface area contributed by atoms with E-state index in [4.69, 9.17) is 0 Å². The van der Waals surface area contributed by atoms with Gasteiger partial charge in [0.2, 0.25) is 0 Å². The van der Waals surface area contributed by atoms with E-state index in [0.717, 1.165) is 12.8 Å². The fourth-order valence-corrected chi connectivity index (χ4v) is 2.28. The van der Waals surface area contributed by atoms with Crippen molar-refractivity contribution in [3.63, 3.8) is 0 Å². The van der Waals surface area contributed by atoms with Gasteiger partial charge in [-0.3, -0.25) is 4.79 Å². The Morgan fingerprint density at radius 3 is 2.60 bits per heavy atom. The van der Waals surface area contributed by atoms with Crippen molar-refractivity contribution in [2.24, 2.45) is 0 Å². The maximum absolute atomic E-state index is 11.7. The van der Waals surface area contributed by atoms with Crippen LogP contribution >= 0.6 is 0 Å². The highest BCUT2D eigenvalue weighted by molar-refractivity contribution is 5.91. The lowest BCUT2D eigenvalue weighted by molar-refractivity contribution is -0.139. The zero-order valence-corrected chi connectivity index (χ0v) is 11.6. The van der Waals surface area contributed by atoms with Crippen molar-refractivity contribution in [1.29, 1.82) is 0 Å². The van der Waals surface area contributed by atoms with Crippen molar-refractivity contribution in [3.8, 4) is 0 Å². The summed E-state index contributed by atoms with van der Waals surface area (Å²) in [6.07, 6.45) is 2.44. The Morgan fingerprint density at radius 2 is 2.05 bits per heavy atom. The maximum atomic E-state index is 11.7. The van der Waals surface area contributed by atoms with Gasteiger partial charge in [-0.1, -0.05) is 0 Å². The summed E-state index contributed by atoms with van der Waals surface area (Å²) in [5, 5.41) is 17.1. The van der Waals surface area contributed by atoms with Gasteiger partial charge < -0.3 is 14.9 Å². The highest BCUT2D eigenvalue weighted by atomic mass is 16.4. The van der Waals surface area contributed by atoms with Gasteiger partial charge in [0, 0.05) is 20.6 Å². The van der Waals surface area contributed by atoms with E-state index in [1.165, 1.54) is 4.90 Å². The van der Waals surface area contributed by atoms with Crippen LogP contribution in [0.4, 0.5) is 5.82 Å². The number of carbonyl (C=O) groups excluding carboxylic acids is 1. The van der Waals surface area contributed by atoms with Crippen LogP contribution in [0.1, 0.15) is 29.8 Å². The number of nitrogens with zero attached hydrogens (tertiary/aromatic N) is 4. The van der Waals surface area contributed by atoms with E-state index in [2.05, 4.69) is 10.2 Å². The molecule has 1 atom stereocenters. The van der Waals surface area contributed by atoms with Gasteiger partial charge in [-0.2, -0.15) is 0 Å². The molecule has 108 valence electrons. The Labute approximate surface area is 117 Å². The second kappa shape index (κ2) is 5.85. The van der Waals surface area contributed by atoms with Gasteiger partial charge in [0.1, 0.15) is 6.04 Å². The zero-order chi connectivity index (χ0) is 14.7. The molecular formula is C13H18N4O3. The van der Waals surface area contributed by atoms with Gasteiger partial charge in [0.15, 0.2) is 11.5 Å². The Hall–Kier alpha value is -2.18.